The number of amides is 1. The molecule has 1 aliphatic heterocycles. The van der Waals surface area contributed by atoms with E-state index in [2.05, 4.69) is 35.9 Å². The third-order valence-electron chi connectivity index (χ3n) is 5.12. The Balaban J connectivity index is 2.26. The lowest BCUT2D eigenvalue weighted by Gasteiger charge is -2.39. The van der Waals surface area contributed by atoms with Crippen LogP contribution >= 0.6 is 0 Å². The summed E-state index contributed by atoms with van der Waals surface area (Å²) < 4.78 is 5.34. The van der Waals surface area contributed by atoms with Crippen molar-refractivity contribution in [3.05, 3.63) is 103 Å². The fraction of sp³-hybridized carbons (Fsp3) is 0.208. The molecule has 1 saturated heterocycles. The predicted molar refractivity (Wildman–Crippen MR) is 113 cm³/mol. The summed E-state index contributed by atoms with van der Waals surface area (Å²) >= 11 is 0. The number of carbonyl (C=O) groups is 1. The molecular formula is C24H26N2O2. The van der Waals surface area contributed by atoms with Gasteiger partial charge in [0.2, 0.25) is 5.91 Å². The van der Waals surface area contributed by atoms with Crippen LogP contribution in [0.1, 0.15) is 17.5 Å². The maximum absolute atomic E-state index is 12.4. The van der Waals surface area contributed by atoms with Crippen molar-refractivity contribution in [2.75, 3.05) is 13.7 Å². The van der Waals surface area contributed by atoms with E-state index < -0.39 is 5.54 Å². The summed E-state index contributed by atoms with van der Waals surface area (Å²) in [5.41, 5.74) is 2.18. The van der Waals surface area contributed by atoms with E-state index in [0.717, 1.165) is 28.9 Å². The molecule has 0 spiro atoms. The highest BCUT2D eigenvalue weighted by atomic mass is 16.5. The summed E-state index contributed by atoms with van der Waals surface area (Å²) in [6.45, 7) is 8.58. The predicted octanol–water partition coefficient (Wildman–Crippen LogP) is 3.72. The van der Waals surface area contributed by atoms with E-state index in [1.54, 1.807) is 13.2 Å². The van der Waals surface area contributed by atoms with Crippen molar-refractivity contribution in [2.45, 2.75) is 18.0 Å². The molecule has 1 heterocycles. The molecule has 0 radical (unpaired) electrons. The fourth-order valence-corrected chi connectivity index (χ4v) is 3.75. The summed E-state index contributed by atoms with van der Waals surface area (Å²) in [4.78, 5) is 12.4. The summed E-state index contributed by atoms with van der Waals surface area (Å²) in [6, 6.07) is 17.7. The molecular weight excluding hydrogens is 348 g/mol. The maximum Gasteiger partial charge on any atom is 0.237 e. The Morgan fingerprint density at radius 2 is 1.82 bits per heavy atom. The van der Waals surface area contributed by atoms with Crippen molar-refractivity contribution in [3.8, 4) is 5.75 Å². The van der Waals surface area contributed by atoms with Gasteiger partial charge in [0, 0.05) is 6.54 Å². The number of methoxy groups -OCH3 is 1. The Labute approximate surface area is 166 Å². The van der Waals surface area contributed by atoms with Gasteiger partial charge in [0.15, 0.2) is 0 Å². The first-order valence-corrected chi connectivity index (χ1v) is 9.36. The van der Waals surface area contributed by atoms with E-state index in [1.165, 1.54) is 0 Å². The van der Waals surface area contributed by atoms with Crippen LogP contribution in [0.3, 0.4) is 0 Å². The minimum atomic E-state index is -0.754. The van der Waals surface area contributed by atoms with Crippen molar-refractivity contribution in [1.82, 2.24) is 10.6 Å². The Morgan fingerprint density at radius 3 is 2.36 bits per heavy atom. The summed E-state index contributed by atoms with van der Waals surface area (Å²) in [5, 5.41) is 6.56. The zero-order valence-corrected chi connectivity index (χ0v) is 16.2. The molecule has 2 atom stereocenters. The van der Waals surface area contributed by atoms with Gasteiger partial charge >= 0.3 is 0 Å². The first-order chi connectivity index (χ1) is 13.7. The first kappa shape index (κ1) is 19.6. The second kappa shape index (κ2) is 8.72. The molecule has 2 aromatic carbocycles. The quantitative estimate of drug-likeness (QED) is 0.693. The average Bonchev–Trinajstić information content (AvgIpc) is 3.15. The molecule has 1 aliphatic rings. The largest absolute Gasteiger partial charge is 0.497 e. The third-order valence-corrected chi connectivity index (χ3v) is 5.12. The molecule has 2 aromatic rings. The summed E-state index contributed by atoms with van der Waals surface area (Å²) in [7, 11) is 1.65. The highest BCUT2D eigenvalue weighted by Crippen LogP contribution is 2.39. The van der Waals surface area contributed by atoms with E-state index in [4.69, 9.17) is 4.74 Å². The molecule has 0 bridgehead atoms. The van der Waals surface area contributed by atoms with Crippen LogP contribution in [0.2, 0.25) is 0 Å². The van der Waals surface area contributed by atoms with Crippen molar-refractivity contribution >= 4 is 5.91 Å². The van der Waals surface area contributed by atoms with Gasteiger partial charge in [0.1, 0.15) is 5.75 Å². The average molecular weight is 374 g/mol. The lowest BCUT2D eigenvalue weighted by atomic mass is 9.75. The van der Waals surface area contributed by atoms with E-state index in [0.29, 0.717) is 6.54 Å². The maximum atomic E-state index is 12.4. The third kappa shape index (κ3) is 3.64. The summed E-state index contributed by atoms with van der Waals surface area (Å²) in [6.07, 6.45) is 6.22. The van der Waals surface area contributed by atoms with Gasteiger partial charge in [-0.1, -0.05) is 73.9 Å². The van der Waals surface area contributed by atoms with Crippen molar-refractivity contribution in [3.63, 3.8) is 0 Å². The normalized spacial score (nSPS) is 18.8. The van der Waals surface area contributed by atoms with E-state index >= 15 is 0 Å². The van der Waals surface area contributed by atoms with Gasteiger partial charge in [0.25, 0.3) is 0 Å². The number of benzene rings is 2. The van der Waals surface area contributed by atoms with Crippen LogP contribution in [0.4, 0.5) is 0 Å². The number of hydrogen-bond acceptors (Lipinski definition) is 3. The molecule has 3 rings (SSSR count). The van der Waals surface area contributed by atoms with Crippen LogP contribution in [0.15, 0.2) is 91.6 Å². The number of hydrogen-bond donors (Lipinski definition) is 2. The molecule has 4 nitrogen and oxygen atoms in total. The van der Waals surface area contributed by atoms with Gasteiger partial charge in [-0.25, -0.2) is 0 Å². The number of allylic oxidation sites excluding steroid dienone is 2. The monoisotopic (exact) mass is 374 g/mol. The Hall–Kier alpha value is -3.11. The number of carbonyl (C=O) groups excluding carboxylic acids is 1. The smallest absolute Gasteiger partial charge is 0.237 e. The zero-order valence-electron chi connectivity index (χ0n) is 16.2. The number of rotatable bonds is 8. The van der Waals surface area contributed by atoms with Crippen molar-refractivity contribution < 1.29 is 9.53 Å². The van der Waals surface area contributed by atoms with Crippen molar-refractivity contribution in [1.29, 1.82) is 0 Å². The minimum Gasteiger partial charge on any atom is -0.497 e. The Bertz CT molecular complexity index is 871. The van der Waals surface area contributed by atoms with Gasteiger partial charge in [0.05, 0.1) is 18.7 Å². The molecule has 0 saturated carbocycles. The zero-order chi connectivity index (χ0) is 20.0. The standard InChI is InChI=1S/C24H26N2O2/c1-4-9-18(5-2)24(19-10-7-6-8-11-19,26-22-16-17-25-23(22)27)20-12-14-21(28-3)15-13-20/h4-15,22,26H,1-2,16-17H2,3H3,(H,25,27)/b18-9+. The molecule has 1 fully saturated rings. The highest BCUT2D eigenvalue weighted by Gasteiger charge is 2.41. The number of ether oxygens (including phenoxy) is 1. The van der Waals surface area contributed by atoms with Crippen LogP contribution in [0.5, 0.6) is 5.75 Å². The molecule has 2 N–H and O–H groups in total. The summed E-state index contributed by atoms with van der Waals surface area (Å²) in [5.74, 6) is 0.785. The lowest BCUT2D eigenvalue weighted by Crippen LogP contribution is -2.52. The number of nitrogens with one attached hydrogen (secondary N) is 2. The second-order valence-corrected chi connectivity index (χ2v) is 6.68. The van der Waals surface area contributed by atoms with Gasteiger partial charge in [-0.15, -0.1) is 0 Å². The molecule has 0 aliphatic carbocycles. The molecule has 144 valence electrons. The molecule has 4 heteroatoms. The second-order valence-electron chi connectivity index (χ2n) is 6.68. The SMILES string of the molecule is C=C/C=C(\C=C)C(NC1CCNC1=O)(c1ccccc1)c1ccc(OC)cc1. The van der Waals surface area contributed by atoms with Crippen LogP contribution in [0, 0.1) is 0 Å². The lowest BCUT2D eigenvalue weighted by molar-refractivity contribution is -0.121. The molecule has 2 unspecified atom stereocenters. The van der Waals surface area contributed by atoms with Gasteiger partial charge in [-0.2, -0.15) is 0 Å². The molecule has 1 amide bonds. The van der Waals surface area contributed by atoms with E-state index in [-0.39, 0.29) is 11.9 Å². The van der Waals surface area contributed by atoms with Crippen LogP contribution in [-0.2, 0) is 10.3 Å². The Kier molecular flexibility index (Phi) is 6.12. The van der Waals surface area contributed by atoms with E-state index in [1.807, 2.05) is 54.6 Å². The Morgan fingerprint density at radius 1 is 1.14 bits per heavy atom. The molecule has 28 heavy (non-hydrogen) atoms. The van der Waals surface area contributed by atoms with Gasteiger partial charge in [-0.3, -0.25) is 10.1 Å². The van der Waals surface area contributed by atoms with E-state index in [9.17, 15) is 4.79 Å². The molecule has 0 aromatic heterocycles. The van der Waals surface area contributed by atoms with Crippen LogP contribution < -0.4 is 15.4 Å². The first-order valence-electron chi connectivity index (χ1n) is 9.36. The van der Waals surface area contributed by atoms with Gasteiger partial charge in [-0.05, 0) is 35.3 Å². The van der Waals surface area contributed by atoms with Crippen molar-refractivity contribution in [2.24, 2.45) is 0 Å². The van der Waals surface area contributed by atoms with Crippen LogP contribution in [0.25, 0.3) is 0 Å². The highest BCUT2D eigenvalue weighted by molar-refractivity contribution is 5.84. The van der Waals surface area contributed by atoms with Crippen LogP contribution in [-0.4, -0.2) is 25.6 Å². The van der Waals surface area contributed by atoms with Gasteiger partial charge < -0.3 is 10.1 Å². The minimum absolute atomic E-state index is 0.0100. The fourth-order valence-electron chi connectivity index (χ4n) is 3.75. The topological polar surface area (TPSA) is 50.4 Å².